The Hall–Kier alpha value is -2.55. The van der Waals surface area contributed by atoms with E-state index < -0.39 is 16.4 Å². The molecule has 0 saturated carbocycles. The van der Waals surface area contributed by atoms with Crippen LogP contribution in [0.15, 0.2) is 43.0 Å². The second-order valence-corrected chi connectivity index (χ2v) is 5.20. The molecule has 7 nitrogen and oxygen atoms in total. The lowest BCUT2D eigenvalue weighted by Crippen LogP contribution is -2.25. The Bertz CT molecular complexity index is 753. The molecule has 1 N–H and O–H groups in total. The largest absolute Gasteiger partial charge is 0.488 e. The summed E-state index contributed by atoms with van der Waals surface area (Å²) in [4.78, 5) is 19.4. The normalized spacial score (nSPS) is 11.0. The van der Waals surface area contributed by atoms with Gasteiger partial charge in [0.05, 0.1) is 11.8 Å². The SMILES string of the molecule is O=C(NCCc1ccncc1)c1cncc(OS(=O)(=O)F)c1. The van der Waals surface area contributed by atoms with Crippen molar-refractivity contribution in [2.45, 2.75) is 6.42 Å². The summed E-state index contributed by atoms with van der Waals surface area (Å²) in [6, 6.07) is 4.74. The van der Waals surface area contributed by atoms with Crippen molar-refractivity contribution in [3.63, 3.8) is 0 Å². The van der Waals surface area contributed by atoms with Crippen LogP contribution in [-0.4, -0.2) is 30.8 Å². The molecule has 22 heavy (non-hydrogen) atoms. The average molecular weight is 325 g/mol. The Labute approximate surface area is 126 Å². The van der Waals surface area contributed by atoms with Gasteiger partial charge in [0.2, 0.25) is 0 Å². The molecule has 2 aromatic rings. The molecule has 0 spiro atoms. The lowest BCUT2D eigenvalue weighted by Gasteiger charge is -2.06. The van der Waals surface area contributed by atoms with Crippen molar-refractivity contribution in [3.8, 4) is 5.75 Å². The number of pyridine rings is 2. The van der Waals surface area contributed by atoms with Gasteiger partial charge < -0.3 is 9.50 Å². The third-order valence-electron chi connectivity index (χ3n) is 2.62. The molecule has 2 aromatic heterocycles. The number of amides is 1. The summed E-state index contributed by atoms with van der Waals surface area (Å²) in [7, 11) is -5.15. The first-order valence-corrected chi connectivity index (χ1v) is 7.51. The molecule has 2 heterocycles. The summed E-state index contributed by atoms with van der Waals surface area (Å²) in [5, 5.41) is 2.64. The number of nitrogens with one attached hydrogen (secondary N) is 1. The molecule has 0 saturated heterocycles. The minimum Gasteiger partial charge on any atom is -0.357 e. The summed E-state index contributed by atoms with van der Waals surface area (Å²) in [5.74, 6) is -0.840. The predicted molar refractivity (Wildman–Crippen MR) is 75.2 cm³/mol. The van der Waals surface area contributed by atoms with Gasteiger partial charge in [-0.25, -0.2) is 0 Å². The van der Waals surface area contributed by atoms with Crippen LogP contribution in [0, 0.1) is 0 Å². The van der Waals surface area contributed by atoms with E-state index in [1.165, 1.54) is 6.20 Å². The van der Waals surface area contributed by atoms with Gasteiger partial charge in [0, 0.05) is 25.1 Å². The molecule has 0 aromatic carbocycles. The summed E-state index contributed by atoms with van der Waals surface area (Å²) in [6.07, 6.45) is 6.12. The zero-order valence-electron chi connectivity index (χ0n) is 11.3. The summed E-state index contributed by atoms with van der Waals surface area (Å²) < 4.78 is 37.2. The maximum Gasteiger partial charge on any atom is 0.488 e. The number of carbonyl (C=O) groups excluding carboxylic acids is 1. The molecule has 0 unspecified atom stereocenters. The fourth-order valence-corrected chi connectivity index (χ4v) is 2.00. The van der Waals surface area contributed by atoms with Gasteiger partial charge in [0.1, 0.15) is 0 Å². The van der Waals surface area contributed by atoms with Crippen LogP contribution in [0.25, 0.3) is 0 Å². The van der Waals surface area contributed by atoms with Gasteiger partial charge >= 0.3 is 10.5 Å². The first kappa shape index (κ1) is 15.8. The van der Waals surface area contributed by atoms with E-state index >= 15 is 0 Å². The number of halogens is 1. The fraction of sp³-hybridized carbons (Fsp3) is 0.154. The summed E-state index contributed by atoms with van der Waals surface area (Å²) in [6.45, 7) is 0.370. The van der Waals surface area contributed by atoms with Crippen LogP contribution in [-0.2, 0) is 16.9 Å². The standard InChI is InChI=1S/C13H12FN3O4S/c14-22(19,20)21-12-7-11(8-16-9-12)13(18)17-6-3-10-1-4-15-5-2-10/h1-2,4-5,7-9H,3,6H2,(H,17,18). The second-order valence-electron chi connectivity index (χ2n) is 4.25. The van der Waals surface area contributed by atoms with Crippen LogP contribution in [0.3, 0.4) is 0 Å². The van der Waals surface area contributed by atoms with Crippen LogP contribution in [0.5, 0.6) is 5.75 Å². The Morgan fingerprint density at radius 1 is 1.23 bits per heavy atom. The Morgan fingerprint density at radius 2 is 1.95 bits per heavy atom. The summed E-state index contributed by atoms with van der Waals surface area (Å²) in [5.41, 5.74) is 1.07. The Balaban J connectivity index is 1.93. The van der Waals surface area contributed by atoms with E-state index in [0.29, 0.717) is 13.0 Å². The highest BCUT2D eigenvalue weighted by Crippen LogP contribution is 2.14. The van der Waals surface area contributed by atoms with Crippen LogP contribution >= 0.6 is 0 Å². The zero-order chi connectivity index (χ0) is 16.0. The molecule has 0 fully saturated rings. The van der Waals surface area contributed by atoms with Crippen molar-refractivity contribution in [2.24, 2.45) is 0 Å². The molecule has 0 aliphatic carbocycles. The van der Waals surface area contributed by atoms with Gasteiger partial charge in [0.15, 0.2) is 5.75 Å². The van der Waals surface area contributed by atoms with Gasteiger partial charge in [-0.15, -0.1) is 0 Å². The smallest absolute Gasteiger partial charge is 0.357 e. The number of rotatable bonds is 6. The monoisotopic (exact) mass is 325 g/mol. The lowest BCUT2D eigenvalue weighted by atomic mass is 10.2. The Kier molecular flexibility index (Phi) is 4.99. The lowest BCUT2D eigenvalue weighted by molar-refractivity contribution is 0.0953. The third-order valence-corrected chi connectivity index (χ3v) is 3.01. The van der Waals surface area contributed by atoms with Crippen molar-refractivity contribution in [1.29, 1.82) is 0 Å². The predicted octanol–water partition coefficient (Wildman–Crippen LogP) is 1.04. The minimum absolute atomic E-state index is 0.0656. The van der Waals surface area contributed by atoms with Gasteiger partial charge in [0.25, 0.3) is 5.91 Å². The van der Waals surface area contributed by atoms with Crippen molar-refractivity contribution in [3.05, 3.63) is 54.1 Å². The molecule has 2 rings (SSSR count). The maximum absolute atomic E-state index is 12.4. The van der Waals surface area contributed by atoms with Crippen molar-refractivity contribution in [1.82, 2.24) is 15.3 Å². The number of hydrogen-bond donors (Lipinski definition) is 1. The van der Waals surface area contributed by atoms with Crippen molar-refractivity contribution >= 4 is 16.4 Å². The molecular weight excluding hydrogens is 313 g/mol. The molecule has 0 bridgehead atoms. The van der Waals surface area contributed by atoms with Crippen LogP contribution in [0.4, 0.5) is 3.89 Å². The highest BCUT2D eigenvalue weighted by molar-refractivity contribution is 7.81. The highest BCUT2D eigenvalue weighted by Gasteiger charge is 2.12. The van der Waals surface area contributed by atoms with Gasteiger partial charge in [-0.1, -0.05) is 3.89 Å². The van der Waals surface area contributed by atoms with E-state index in [4.69, 9.17) is 0 Å². The van der Waals surface area contributed by atoms with Crippen LogP contribution < -0.4 is 9.50 Å². The number of nitrogens with zero attached hydrogens (tertiary/aromatic N) is 2. The van der Waals surface area contributed by atoms with Gasteiger partial charge in [-0.3, -0.25) is 14.8 Å². The van der Waals surface area contributed by atoms with Crippen LogP contribution in [0.2, 0.25) is 0 Å². The van der Waals surface area contributed by atoms with Gasteiger partial charge in [-0.2, -0.15) is 8.42 Å². The minimum atomic E-state index is -5.15. The first-order chi connectivity index (χ1) is 10.4. The molecule has 0 aliphatic rings. The van der Waals surface area contributed by atoms with E-state index in [0.717, 1.165) is 17.8 Å². The van der Waals surface area contributed by atoms with Crippen LogP contribution in [0.1, 0.15) is 15.9 Å². The average Bonchev–Trinajstić information content (AvgIpc) is 2.47. The maximum atomic E-state index is 12.4. The number of aromatic nitrogens is 2. The van der Waals surface area contributed by atoms with Crippen molar-refractivity contribution < 1.29 is 21.3 Å². The molecule has 116 valence electrons. The Morgan fingerprint density at radius 3 is 2.64 bits per heavy atom. The molecule has 1 amide bonds. The number of carbonyl (C=O) groups is 1. The zero-order valence-corrected chi connectivity index (χ0v) is 12.1. The molecule has 9 heteroatoms. The molecular formula is C13H12FN3O4S. The molecule has 0 aliphatic heterocycles. The second kappa shape index (κ2) is 6.94. The third kappa shape index (κ3) is 5.09. The first-order valence-electron chi connectivity index (χ1n) is 6.20. The molecule has 0 radical (unpaired) electrons. The van der Waals surface area contributed by atoms with E-state index in [9.17, 15) is 17.1 Å². The van der Waals surface area contributed by atoms with E-state index in [1.807, 2.05) is 12.1 Å². The van der Waals surface area contributed by atoms with E-state index in [-0.39, 0.29) is 11.3 Å². The van der Waals surface area contributed by atoms with E-state index in [1.54, 1.807) is 12.4 Å². The highest BCUT2D eigenvalue weighted by atomic mass is 32.3. The van der Waals surface area contributed by atoms with Gasteiger partial charge in [-0.05, 0) is 30.2 Å². The quantitative estimate of drug-likeness (QED) is 0.797. The number of hydrogen-bond acceptors (Lipinski definition) is 6. The summed E-state index contributed by atoms with van der Waals surface area (Å²) >= 11 is 0. The van der Waals surface area contributed by atoms with E-state index in [2.05, 4.69) is 19.5 Å². The molecule has 0 atom stereocenters. The fourth-order valence-electron chi connectivity index (χ4n) is 1.68. The van der Waals surface area contributed by atoms with Crippen molar-refractivity contribution in [2.75, 3.05) is 6.54 Å². The topological polar surface area (TPSA) is 98.2 Å².